The zero-order valence-corrected chi connectivity index (χ0v) is 23.4. The maximum absolute atomic E-state index is 15.1. The molecule has 0 atom stereocenters. The van der Waals surface area contributed by atoms with Crippen molar-refractivity contribution in [2.45, 2.75) is 32.4 Å². The average molecular weight is 573 g/mol. The van der Waals surface area contributed by atoms with Crippen molar-refractivity contribution >= 4 is 17.4 Å². The van der Waals surface area contributed by atoms with Gasteiger partial charge < -0.3 is 20.7 Å². The number of ether oxygens (including phenoxy) is 1. The van der Waals surface area contributed by atoms with Crippen LogP contribution in [0.4, 0.5) is 15.9 Å². The highest BCUT2D eigenvalue weighted by Gasteiger charge is 2.19. The van der Waals surface area contributed by atoms with Crippen LogP contribution in [0.1, 0.15) is 35.2 Å². The van der Waals surface area contributed by atoms with Gasteiger partial charge in [0.15, 0.2) is 11.6 Å². The fourth-order valence-corrected chi connectivity index (χ4v) is 4.57. The number of anilines is 2. The lowest BCUT2D eigenvalue weighted by Crippen LogP contribution is -2.42. The molecule has 1 fully saturated rings. The number of aromatic nitrogens is 3. The van der Waals surface area contributed by atoms with Gasteiger partial charge in [-0.05, 0) is 51.0 Å². The predicted molar refractivity (Wildman–Crippen MR) is 160 cm³/mol. The van der Waals surface area contributed by atoms with E-state index in [1.165, 1.54) is 35.0 Å². The summed E-state index contributed by atoms with van der Waals surface area (Å²) in [6.45, 7) is 9.23. The van der Waals surface area contributed by atoms with E-state index in [9.17, 15) is 14.4 Å². The molecule has 42 heavy (non-hydrogen) atoms. The number of amides is 1. The second-order valence-electron chi connectivity index (χ2n) is 9.99. The molecule has 3 aromatic rings. The van der Waals surface area contributed by atoms with Gasteiger partial charge in [0.05, 0.1) is 0 Å². The van der Waals surface area contributed by atoms with Gasteiger partial charge in [-0.3, -0.25) is 18.7 Å². The number of hydrogen-bond acceptors (Lipinski definition) is 7. The van der Waals surface area contributed by atoms with E-state index in [0.717, 1.165) is 42.8 Å². The Bertz CT molecular complexity index is 1680. The Hall–Kier alpha value is -4.95. The lowest BCUT2D eigenvalue weighted by atomic mass is 9.94. The number of nitrogens with one attached hydrogen (secondary N) is 1. The molecule has 1 aromatic carbocycles. The second-order valence-corrected chi connectivity index (χ2v) is 9.99. The van der Waals surface area contributed by atoms with Crippen LogP contribution in [0.3, 0.4) is 0 Å². The van der Waals surface area contributed by atoms with Gasteiger partial charge in [0.2, 0.25) is 0 Å². The molecule has 0 bridgehead atoms. The highest BCUT2D eigenvalue weighted by Crippen LogP contribution is 2.30. The van der Waals surface area contributed by atoms with Crippen molar-refractivity contribution in [1.29, 1.82) is 0 Å². The SMILES string of the molecule is C=CCn1cc(C(=O)Nc2ccc(Oc3ccnc(N)c3C#CCC3CCN(C)CC3)c(F)c2)c(=O)n(CC=C)c1=O. The number of likely N-dealkylation sites (tertiary alicyclic amines) is 1. The number of benzene rings is 1. The Morgan fingerprint density at radius 3 is 2.62 bits per heavy atom. The van der Waals surface area contributed by atoms with Crippen LogP contribution in [0.5, 0.6) is 11.5 Å². The quantitative estimate of drug-likeness (QED) is 0.296. The normalized spacial score (nSPS) is 13.6. The van der Waals surface area contributed by atoms with Crippen molar-refractivity contribution in [2.24, 2.45) is 5.92 Å². The van der Waals surface area contributed by atoms with Gasteiger partial charge >= 0.3 is 5.69 Å². The summed E-state index contributed by atoms with van der Waals surface area (Å²) in [5.74, 6) is 5.45. The smallest absolute Gasteiger partial charge is 0.331 e. The number of rotatable bonds is 9. The van der Waals surface area contributed by atoms with Gasteiger partial charge in [-0.25, -0.2) is 14.2 Å². The number of allylic oxidation sites excluding steroid dienone is 2. The highest BCUT2D eigenvalue weighted by molar-refractivity contribution is 6.03. The van der Waals surface area contributed by atoms with Crippen molar-refractivity contribution in [3.8, 4) is 23.3 Å². The van der Waals surface area contributed by atoms with Crippen molar-refractivity contribution in [3.63, 3.8) is 0 Å². The number of nitrogens with zero attached hydrogens (tertiary/aromatic N) is 4. The van der Waals surface area contributed by atoms with Gasteiger partial charge in [-0.15, -0.1) is 13.2 Å². The van der Waals surface area contributed by atoms with Crippen LogP contribution < -0.4 is 27.0 Å². The van der Waals surface area contributed by atoms with Crippen LogP contribution in [0.15, 0.2) is 71.6 Å². The van der Waals surface area contributed by atoms with Crippen molar-refractivity contribution < 1.29 is 13.9 Å². The average Bonchev–Trinajstić information content (AvgIpc) is 2.96. The Morgan fingerprint density at radius 2 is 1.93 bits per heavy atom. The van der Waals surface area contributed by atoms with Crippen molar-refractivity contribution in [1.82, 2.24) is 19.0 Å². The minimum Gasteiger partial charge on any atom is -0.453 e. The van der Waals surface area contributed by atoms with Gasteiger partial charge in [0.25, 0.3) is 11.5 Å². The minimum atomic E-state index is -0.812. The van der Waals surface area contributed by atoms with Crippen LogP contribution >= 0.6 is 0 Å². The number of pyridine rings is 1. The largest absolute Gasteiger partial charge is 0.453 e. The first kappa shape index (κ1) is 30.0. The molecule has 4 rings (SSSR count). The molecular weight excluding hydrogens is 539 g/mol. The number of piperidine rings is 1. The predicted octanol–water partition coefficient (Wildman–Crippen LogP) is 3.63. The topological polar surface area (TPSA) is 124 Å². The summed E-state index contributed by atoms with van der Waals surface area (Å²) >= 11 is 0. The molecular formula is C31H33FN6O4. The third-order valence-electron chi connectivity index (χ3n) is 6.91. The summed E-state index contributed by atoms with van der Waals surface area (Å²) < 4.78 is 23.0. The molecule has 1 aliphatic rings. The van der Waals surface area contributed by atoms with E-state index >= 15 is 4.39 Å². The van der Waals surface area contributed by atoms with E-state index < -0.39 is 23.0 Å². The molecule has 1 saturated heterocycles. The molecule has 0 aliphatic carbocycles. The standard InChI is InChI=1S/C31H33FN6O4/c1-4-15-37-20-24(30(40)38(16-5-2)31(37)41)29(39)35-22-9-10-27(25(32)19-22)42-26-11-14-34-28(33)23(26)8-6-7-21-12-17-36(3)18-13-21/h4-5,9-11,14,19-21H,1-2,7,12-13,15-18H2,3H3,(H2,33,34)(H,35,39). The van der Waals surface area contributed by atoms with E-state index in [2.05, 4.69) is 47.2 Å². The second kappa shape index (κ2) is 13.6. The molecule has 3 N–H and O–H groups in total. The van der Waals surface area contributed by atoms with Gasteiger partial charge in [-0.1, -0.05) is 24.0 Å². The molecule has 0 radical (unpaired) electrons. The first-order valence-corrected chi connectivity index (χ1v) is 13.5. The molecule has 0 saturated carbocycles. The van der Waals surface area contributed by atoms with Gasteiger partial charge in [0.1, 0.15) is 22.7 Å². The summed E-state index contributed by atoms with van der Waals surface area (Å²) in [4.78, 5) is 44.7. The first-order valence-electron chi connectivity index (χ1n) is 13.5. The molecule has 1 amide bonds. The molecule has 3 heterocycles. The van der Waals surface area contributed by atoms with Crippen LogP contribution in [0.25, 0.3) is 0 Å². The Balaban J connectivity index is 1.52. The van der Waals surface area contributed by atoms with E-state index in [1.807, 2.05) is 0 Å². The van der Waals surface area contributed by atoms with Crippen LogP contribution in [0, 0.1) is 23.6 Å². The molecule has 0 unspecified atom stereocenters. The molecule has 0 spiro atoms. The number of carbonyl (C=O) groups is 1. The maximum atomic E-state index is 15.1. The minimum absolute atomic E-state index is 0.0772. The molecule has 1 aliphatic heterocycles. The first-order chi connectivity index (χ1) is 20.2. The summed E-state index contributed by atoms with van der Waals surface area (Å²) in [5, 5.41) is 2.50. The van der Waals surface area contributed by atoms with Crippen molar-refractivity contribution in [2.75, 3.05) is 31.2 Å². The highest BCUT2D eigenvalue weighted by atomic mass is 19.1. The van der Waals surface area contributed by atoms with Crippen LogP contribution in [0.2, 0.25) is 0 Å². The van der Waals surface area contributed by atoms with E-state index in [-0.39, 0.29) is 41.7 Å². The fourth-order valence-electron chi connectivity index (χ4n) is 4.57. The van der Waals surface area contributed by atoms with Gasteiger partial charge in [-0.2, -0.15) is 0 Å². The van der Waals surface area contributed by atoms with Crippen molar-refractivity contribution in [3.05, 3.63) is 99.8 Å². The number of nitrogen functional groups attached to an aromatic ring is 1. The summed E-state index contributed by atoms with van der Waals surface area (Å²) in [6, 6.07) is 5.38. The molecule has 10 nitrogen and oxygen atoms in total. The summed E-state index contributed by atoms with van der Waals surface area (Å²) in [6.07, 6.45) is 8.31. The molecule has 2 aromatic heterocycles. The third-order valence-corrected chi connectivity index (χ3v) is 6.91. The zero-order valence-electron chi connectivity index (χ0n) is 23.4. The summed E-state index contributed by atoms with van der Waals surface area (Å²) in [5.41, 5.74) is 4.81. The lowest BCUT2D eigenvalue weighted by Gasteiger charge is -2.27. The van der Waals surface area contributed by atoms with E-state index in [1.54, 1.807) is 6.07 Å². The van der Waals surface area contributed by atoms with Crippen LogP contribution in [-0.4, -0.2) is 45.1 Å². The Labute approximate surface area is 242 Å². The number of halogens is 1. The molecule has 218 valence electrons. The summed E-state index contributed by atoms with van der Waals surface area (Å²) in [7, 11) is 2.11. The van der Waals surface area contributed by atoms with E-state index in [0.29, 0.717) is 17.9 Å². The maximum Gasteiger partial charge on any atom is 0.331 e. The number of carbonyl (C=O) groups excluding carboxylic acids is 1. The fraction of sp³-hybridized carbons (Fsp3) is 0.290. The monoisotopic (exact) mass is 572 g/mol. The number of nitrogens with two attached hydrogens (primary N) is 1. The zero-order chi connectivity index (χ0) is 30.2. The van der Waals surface area contributed by atoms with E-state index in [4.69, 9.17) is 10.5 Å². The van der Waals surface area contributed by atoms with Crippen LogP contribution in [-0.2, 0) is 13.1 Å². The Morgan fingerprint density at radius 1 is 1.19 bits per heavy atom. The lowest BCUT2D eigenvalue weighted by molar-refractivity contribution is 0.102. The third kappa shape index (κ3) is 7.03. The van der Waals surface area contributed by atoms with Gasteiger partial charge in [0, 0.05) is 49.7 Å². The number of hydrogen-bond donors (Lipinski definition) is 2. The molecule has 11 heteroatoms. The Kier molecular flexibility index (Phi) is 9.73.